The Morgan fingerprint density at radius 1 is 1.24 bits per heavy atom. The van der Waals surface area contributed by atoms with Gasteiger partial charge in [0.05, 0.1) is 12.7 Å². The molecule has 2 aliphatic heterocycles. The van der Waals surface area contributed by atoms with Gasteiger partial charge in [0.1, 0.15) is 0 Å². The number of nitrogens with one attached hydrogen (secondary N) is 1. The molecule has 0 aromatic heterocycles. The molecule has 2 heterocycles. The van der Waals surface area contributed by atoms with Crippen LogP contribution in [0.4, 0.5) is 0 Å². The van der Waals surface area contributed by atoms with Gasteiger partial charge in [0.25, 0.3) is 0 Å². The van der Waals surface area contributed by atoms with Crippen molar-refractivity contribution in [2.75, 3.05) is 45.9 Å². The van der Waals surface area contributed by atoms with Crippen molar-refractivity contribution >= 4 is 0 Å². The molecule has 3 aliphatic rings. The zero-order chi connectivity index (χ0) is 14.7. The Labute approximate surface area is 130 Å². The maximum atomic E-state index is 6.03. The van der Waals surface area contributed by atoms with E-state index in [0.29, 0.717) is 17.7 Å². The third kappa shape index (κ3) is 3.79. The van der Waals surface area contributed by atoms with Gasteiger partial charge in [-0.1, -0.05) is 26.2 Å². The molecule has 2 atom stereocenters. The van der Waals surface area contributed by atoms with Crippen LogP contribution in [-0.2, 0) is 4.74 Å². The Balaban J connectivity index is 1.57. The molecule has 1 saturated carbocycles. The monoisotopic (exact) mass is 295 g/mol. The first-order valence-electron chi connectivity index (χ1n) is 9.04. The Morgan fingerprint density at radius 2 is 2.05 bits per heavy atom. The Morgan fingerprint density at radius 3 is 2.81 bits per heavy atom. The average molecular weight is 295 g/mol. The molecular formula is C17H33N3O. The van der Waals surface area contributed by atoms with Crippen LogP contribution in [0.1, 0.15) is 46.0 Å². The lowest BCUT2D eigenvalue weighted by Gasteiger charge is -2.50. The quantitative estimate of drug-likeness (QED) is 0.858. The van der Waals surface area contributed by atoms with Crippen LogP contribution in [0.3, 0.4) is 0 Å². The van der Waals surface area contributed by atoms with Gasteiger partial charge in [-0.05, 0) is 26.3 Å². The van der Waals surface area contributed by atoms with Crippen LogP contribution in [0, 0.1) is 0 Å². The van der Waals surface area contributed by atoms with E-state index >= 15 is 0 Å². The standard InChI is InChI=1S/C17H33N3O/c1-3-19-9-10-21-16(12-19)13-20-14-17(18-11-15(20)2)7-5-4-6-8-17/h15-16,18H,3-14H2,1-2H3. The van der Waals surface area contributed by atoms with Crippen molar-refractivity contribution < 1.29 is 4.74 Å². The minimum Gasteiger partial charge on any atom is -0.374 e. The highest BCUT2D eigenvalue weighted by atomic mass is 16.5. The van der Waals surface area contributed by atoms with E-state index in [1.165, 1.54) is 38.6 Å². The summed E-state index contributed by atoms with van der Waals surface area (Å²) in [5, 5.41) is 3.88. The van der Waals surface area contributed by atoms with Gasteiger partial charge in [0.15, 0.2) is 0 Å². The van der Waals surface area contributed by atoms with Gasteiger partial charge in [0, 0.05) is 44.3 Å². The zero-order valence-corrected chi connectivity index (χ0v) is 13.9. The van der Waals surface area contributed by atoms with Gasteiger partial charge in [-0.2, -0.15) is 0 Å². The number of likely N-dealkylation sites (N-methyl/N-ethyl adjacent to an activating group) is 1. The van der Waals surface area contributed by atoms with Crippen molar-refractivity contribution in [1.29, 1.82) is 0 Å². The molecule has 4 heteroatoms. The smallest absolute Gasteiger partial charge is 0.0829 e. The van der Waals surface area contributed by atoms with E-state index in [-0.39, 0.29) is 0 Å². The highest BCUT2D eigenvalue weighted by molar-refractivity contribution is 4.99. The van der Waals surface area contributed by atoms with E-state index in [2.05, 4.69) is 29.0 Å². The highest BCUT2D eigenvalue weighted by Crippen LogP contribution is 2.32. The fraction of sp³-hybridized carbons (Fsp3) is 1.00. The average Bonchev–Trinajstić information content (AvgIpc) is 2.52. The molecule has 0 aromatic carbocycles. The lowest BCUT2D eigenvalue weighted by molar-refractivity contribution is -0.0576. The molecule has 1 spiro atoms. The lowest BCUT2D eigenvalue weighted by atomic mass is 9.79. The molecule has 3 fully saturated rings. The molecule has 2 unspecified atom stereocenters. The minimum atomic E-state index is 0.403. The molecule has 0 bridgehead atoms. The topological polar surface area (TPSA) is 27.7 Å². The molecular weight excluding hydrogens is 262 g/mol. The van der Waals surface area contributed by atoms with Crippen LogP contribution in [0.15, 0.2) is 0 Å². The van der Waals surface area contributed by atoms with Crippen molar-refractivity contribution in [1.82, 2.24) is 15.1 Å². The molecule has 21 heavy (non-hydrogen) atoms. The number of nitrogens with zero attached hydrogens (tertiary/aromatic N) is 2. The van der Waals surface area contributed by atoms with Crippen LogP contribution in [0.5, 0.6) is 0 Å². The van der Waals surface area contributed by atoms with Gasteiger partial charge < -0.3 is 10.1 Å². The minimum absolute atomic E-state index is 0.403. The highest BCUT2D eigenvalue weighted by Gasteiger charge is 2.39. The molecule has 4 nitrogen and oxygen atoms in total. The maximum absolute atomic E-state index is 6.03. The molecule has 0 amide bonds. The van der Waals surface area contributed by atoms with Gasteiger partial charge >= 0.3 is 0 Å². The molecule has 1 aliphatic carbocycles. The van der Waals surface area contributed by atoms with Gasteiger partial charge in [0.2, 0.25) is 0 Å². The summed E-state index contributed by atoms with van der Waals surface area (Å²) in [4.78, 5) is 5.23. The summed E-state index contributed by atoms with van der Waals surface area (Å²) in [5.74, 6) is 0. The Kier molecular flexibility index (Phi) is 5.20. The van der Waals surface area contributed by atoms with Crippen molar-refractivity contribution in [3.63, 3.8) is 0 Å². The Bertz CT molecular complexity index is 330. The second-order valence-corrected chi connectivity index (χ2v) is 7.39. The van der Waals surface area contributed by atoms with E-state index in [9.17, 15) is 0 Å². The summed E-state index contributed by atoms with van der Waals surface area (Å²) in [7, 11) is 0. The predicted molar refractivity (Wildman–Crippen MR) is 86.7 cm³/mol. The van der Waals surface area contributed by atoms with Gasteiger partial charge in [-0.15, -0.1) is 0 Å². The summed E-state index contributed by atoms with van der Waals surface area (Å²) in [6.45, 7) is 12.4. The number of rotatable bonds is 3. The number of piperazine rings is 1. The van der Waals surface area contributed by atoms with Crippen LogP contribution in [0.2, 0.25) is 0 Å². The van der Waals surface area contributed by atoms with E-state index in [4.69, 9.17) is 4.74 Å². The molecule has 2 saturated heterocycles. The van der Waals surface area contributed by atoms with Gasteiger partial charge in [-0.3, -0.25) is 9.80 Å². The van der Waals surface area contributed by atoms with Crippen molar-refractivity contribution in [2.24, 2.45) is 0 Å². The van der Waals surface area contributed by atoms with Crippen molar-refractivity contribution in [3.05, 3.63) is 0 Å². The number of morpholine rings is 1. The van der Waals surface area contributed by atoms with Crippen molar-refractivity contribution in [3.8, 4) is 0 Å². The summed E-state index contributed by atoms with van der Waals surface area (Å²) >= 11 is 0. The zero-order valence-electron chi connectivity index (χ0n) is 13.9. The van der Waals surface area contributed by atoms with E-state index in [1.807, 2.05) is 0 Å². The fourth-order valence-corrected chi connectivity index (χ4v) is 4.34. The summed E-state index contributed by atoms with van der Waals surface area (Å²) in [5.41, 5.74) is 0.407. The molecule has 1 N–H and O–H groups in total. The summed E-state index contributed by atoms with van der Waals surface area (Å²) in [6, 6.07) is 0.637. The maximum Gasteiger partial charge on any atom is 0.0829 e. The molecule has 0 radical (unpaired) electrons. The normalized spacial score (nSPS) is 35.1. The number of hydrogen-bond acceptors (Lipinski definition) is 4. The third-order valence-corrected chi connectivity index (χ3v) is 5.82. The lowest BCUT2D eigenvalue weighted by Crippen LogP contribution is -2.65. The largest absolute Gasteiger partial charge is 0.374 e. The first-order chi connectivity index (χ1) is 10.2. The third-order valence-electron chi connectivity index (χ3n) is 5.82. The van der Waals surface area contributed by atoms with Crippen LogP contribution in [0.25, 0.3) is 0 Å². The SMILES string of the molecule is CCN1CCOC(CN2CC3(CCCCC3)NCC2C)C1. The van der Waals surface area contributed by atoms with Crippen LogP contribution >= 0.6 is 0 Å². The Hall–Kier alpha value is -0.160. The number of hydrogen-bond donors (Lipinski definition) is 1. The molecule has 3 rings (SSSR count). The van der Waals surface area contributed by atoms with Crippen molar-refractivity contribution in [2.45, 2.75) is 63.6 Å². The first kappa shape index (κ1) is 15.7. The fourth-order valence-electron chi connectivity index (χ4n) is 4.34. The van der Waals surface area contributed by atoms with Crippen LogP contribution < -0.4 is 5.32 Å². The first-order valence-corrected chi connectivity index (χ1v) is 9.04. The molecule has 122 valence electrons. The predicted octanol–water partition coefficient (Wildman–Crippen LogP) is 1.70. The van der Waals surface area contributed by atoms with E-state index < -0.39 is 0 Å². The van der Waals surface area contributed by atoms with Crippen LogP contribution in [-0.4, -0.2) is 73.4 Å². The van der Waals surface area contributed by atoms with E-state index in [0.717, 1.165) is 39.3 Å². The second-order valence-electron chi connectivity index (χ2n) is 7.39. The number of ether oxygens (including phenoxy) is 1. The van der Waals surface area contributed by atoms with Gasteiger partial charge in [-0.25, -0.2) is 0 Å². The molecule has 0 aromatic rings. The second kappa shape index (κ2) is 6.95. The summed E-state index contributed by atoms with van der Waals surface area (Å²) < 4.78 is 6.03. The van der Waals surface area contributed by atoms with E-state index in [1.54, 1.807) is 0 Å². The summed E-state index contributed by atoms with van der Waals surface area (Å²) in [6.07, 6.45) is 7.36.